The second-order valence-corrected chi connectivity index (χ2v) is 3.22. The Kier molecular flexibility index (Phi) is 2.05. The van der Waals surface area contributed by atoms with Gasteiger partial charge in [-0.1, -0.05) is 12.1 Å². The van der Waals surface area contributed by atoms with Gasteiger partial charge in [0.15, 0.2) is 0 Å². The number of nitrogens with one attached hydrogen (secondary N) is 1. The fourth-order valence-corrected chi connectivity index (χ4v) is 1.52. The predicted molar refractivity (Wildman–Crippen MR) is 55.0 cm³/mol. The van der Waals surface area contributed by atoms with Crippen molar-refractivity contribution in [3.05, 3.63) is 39.9 Å². The number of H-pyrrole nitrogens is 1. The van der Waals surface area contributed by atoms with E-state index in [9.17, 15) is 4.79 Å². The first-order valence-corrected chi connectivity index (χ1v) is 4.40. The molecule has 1 aromatic heterocycles. The van der Waals surface area contributed by atoms with Crippen LogP contribution in [-0.4, -0.2) is 9.97 Å². The van der Waals surface area contributed by atoms with Gasteiger partial charge in [-0.25, -0.2) is 9.78 Å². The van der Waals surface area contributed by atoms with Gasteiger partial charge >= 0.3 is 5.69 Å². The third-order valence-electron chi connectivity index (χ3n) is 2.31. The number of hydrogen-bond donors (Lipinski definition) is 2. The van der Waals surface area contributed by atoms with Gasteiger partial charge in [-0.2, -0.15) is 0 Å². The lowest BCUT2D eigenvalue weighted by molar-refractivity contribution is 1.05. The Morgan fingerprint density at radius 2 is 2.29 bits per heavy atom. The SMILES string of the molecule is Cc1ccc(CN)c2[nH]c(=O)ncc12. The Labute approximate surface area is 80.8 Å². The summed E-state index contributed by atoms with van der Waals surface area (Å²) in [6.45, 7) is 2.39. The van der Waals surface area contributed by atoms with E-state index in [1.165, 1.54) is 0 Å². The molecule has 0 radical (unpaired) electrons. The Morgan fingerprint density at radius 3 is 3.00 bits per heavy atom. The van der Waals surface area contributed by atoms with E-state index in [1.54, 1.807) is 6.20 Å². The molecule has 0 aliphatic heterocycles. The normalized spacial score (nSPS) is 10.7. The third-order valence-corrected chi connectivity index (χ3v) is 2.31. The van der Waals surface area contributed by atoms with Gasteiger partial charge in [0.2, 0.25) is 0 Å². The zero-order valence-corrected chi connectivity index (χ0v) is 7.87. The highest BCUT2D eigenvalue weighted by Crippen LogP contribution is 2.17. The van der Waals surface area contributed by atoms with Crippen LogP contribution in [-0.2, 0) is 6.54 Å². The van der Waals surface area contributed by atoms with Crippen molar-refractivity contribution in [2.24, 2.45) is 5.73 Å². The van der Waals surface area contributed by atoms with E-state index in [4.69, 9.17) is 5.73 Å². The Morgan fingerprint density at radius 1 is 1.50 bits per heavy atom. The average Bonchev–Trinajstić information content (AvgIpc) is 2.18. The van der Waals surface area contributed by atoms with E-state index in [1.807, 2.05) is 19.1 Å². The molecule has 0 saturated heterocycles. The highest BCUT2D eigenvalue weighted by atomic mass is 16.1. The van der Waals surface area contributed by atoms with E-state index in [0.29, 0.717) is 6.54 Å². The average molecular weight is 189 g/mol. The first-order valence-electron chi connectivity index (χ1n) is 4.40. The summed E-state index contributed by atoms with van der Waals surface area (Å²) in [6, 6.07) is 3.90. The molecule has 0 spiro atoms. The third kappa shape index (κ3) is 1.29. The standard InChI is InChI=1S/C10H11N3O/c1-6-2-3-7(4-11)9-8(6)5-12-10(14)13-9/h2-3,5H,4,11H2,1H3,(H,12,13,14). The first kappa shape index (κ1) is 8.90. The van der Waals surface area contributed by atoms with Gasteiger partial charge in [-0.3, -0.25) is 0 Å². The highest BCUT2D eigenvalue weighted by molar-refractivity contribution is 5.83. The molecule has 0 amide bonds. The van der Waals surface area contributed by atoms with Crippen molar-refractivity contribution in [1.82, 2.24) is 9.97 Å². The molecule has 3 N–H and O–H groups in total. The predicted octanol–water partition coefficient (Wildman–Crippen LogP) is 0.690. The highest BCUT2D eigenvalue weighted by Gasteiger charge is 2.03. The summed E-state index contributed by atoms with van der Waals surface area (Å²) < 4.78 is 0. The van der Waals surface area contributed by atoms with Crippen molar-refractivity contribution in [3.8, 4) is 0 Å². The molecule has 4 nitrogen and oxygen atoms in total. The second kappa shape index (κ2) is 3.23. The largest absolute Gasteiger partial charge is 0.345 e. The number of rotatable bonds is 1. The molecule has 0 unspecified atom stereocenters. The summed E-state index contributed by atoms with van der Waals surface area (Å²) >= 11 is 0. The maximum absolute atomic E-state index is 11.1. The van der Waals surface area contributed by atoms with Crippen molar-refractivity contribution in [2.75, 3.05) is 0 Å². The minimum Gasteiger partial charge on any atom is -0.326 e. The number of aromatic nitrogens is 2. The van der Waals surface area contributed by atoms with Crippen LogP contribution in [0.2, 0.25) is 0 Å². The number of benzene rings is 1. The first-order chi connectivity index (χ1) is 6.72. The zero-order chi connectivity index (χ0) is 10.1. The molecule has 14 heavy (non-hydrogen) atoms. The lowest BCUT2D eigenvalue weighted by atomic mass is 10.1. The summed E-state index contributed by atoms with van der Waals surface area (Å²) in [7, 11) is 0. The molecule has 0 bridgehead atoms. The molecule has 0 atom stereocenters. The van der Waals surface area contributed by atoms with Gasteiger partial charge in [-0.15, -0.1) is 0 Å². The van der Waals surface area contributed by atoms with E-state index in [-0.39, 0.29) is 5.69 Å². The summed E-state index contributed by atoms with van der Waals surface area (Å²) in [6.07, 6.45) is 1.59. The minimum atomic E-state index is -0.335. The molecule has 2 aromatic rings. The van der Waals surface area contributed by atoms with Crippen LogP contribution >= 0.6 is 0 Å². The fraction of sp³-hybridized carbons (Fsp3) is 0.200. The van der Waals surface area contributed by atoms with E-state index in [0.717, 1.165) is 22.0 Å². The Balaban J connectivity index is 2.92. The molecule has 0 aliphatic carbocycles. The van der Waals surface area contributed by atoms with Crippen LogP contribution in [0.1, 0.15) is 11.1 Å². The second-order valence-electron chi connectivity index (χ2n) is 3.22. The Bertz CT molecular complexity index is 530. The van der Waals surface area contributed by atoms with Crippen molar-refractivity contribution >= 4 is 10.9 Å². The monoisotopic (exact) mass is 189 g/mol. The van der Waals surface area contributed by atoms with Gasteiger partial charge in [0.05, 0.1) is 5.52 Å². The molecule has 1 aromatic carbocycles. The fourth-order valence-electron chi connectivity index (χ4n) is 1.52. The maximum atomic E-state index is 11.1. The summed E-state index contributed by atoms with van der Waals surface area (Å²) in [5.74, 6) is 0. The number of nitrogens with zero attached hydrogens (tertiary/aromatic N) is 1. The number of fused-ring (bicyclic) bond motifs is 1. The molecular formula is C10H11N3O. The van der Waals surface area contributed by atoms with Crippen LogP contribution in [0.25, 0.3) is 10.9 Å². The van der Waals surface area contributed by atoms with Gasteiger partial charge < -0.3 is 10.7 Å². The molecule has 1 heterocycles. The molecule has 2 rings (SSSR count). The number of hydrogen-bond acceptors (Lipinski definition) is 3. The van der Waals surface area contributed by atoms with Gasteiger partial charge in [0.1, 0.15) is 0 Å². The van der Waals surface area contributed by atoms with Crippen LogP contribution in [0.15, 0.2) is 23.1 Å². The van der Waals surface area contributed by atoms with Crippen LogP contribution < -0.4 is 11.4 Å². The van der Waals surface area contributed by atoms with Crippen molar-refractivity contribution in [2.45, 2.75) is 13.5 Å². The van der Waals surface area contributed by atoms with Crippen LogP contribution in [0, 0.1) is 6.92 Å². The van der Waals surface area contributed by atoms with Crippen LogP contribution in [0.4, 0.5) is 0 Å². The summed E-state index contributed by atoms with van der Waals surface area (Å²) in [5.41, 5.74) is 8.06. The molecule has 4 heteroatoms. The van der Waals surface area contributed by atoms with Crippen LogP contribution in [0.5, 0.6) is 0 Å². The summed E-state index contributed by atoms with van der Waals surface area (Å²) in [4.78, 5) is 17.5. The quantitative estimate of drug-likeness (QED) is 0.693. The number of aromatic amines is 1. The van der Waals surface area contributed by atoms with Gasteiger partial charge in [0.25, 0.3) is 0 Å². The molecule has 0 saturated carbocycles. The van der Waals surface area contributed by atoms with Crippen LogP contribution in [0.3, 0.4) is 0 Å². The van der Waals surface area contributed by atoms with Crippen molar-refractivity contribution in [3.63, 3.8) is 0 Å². The molecule has 72 valence electrons. The van der Waals surface area contributed by atoms with Crippen molar-refractivity contribution in [1.29, 1.82) is 0 Å². The van der Waals surface area contributed by atoms with Crippen molar-refractivity contribution < 1.29 is 0 Å². The summed E-state index contributed by atoms with van der Waals surface area (Å²) in [5, 5.41) is 0.951. The number of aryl methyl sites for hydroxylation is 1. The van der Waals surface area contributed by atoms with E-state index >= 15 is 0 Å². The Hall–Kier alpha value is -1.68. The minimum absolute atomic E-state index is 0.335. The molecule has 0 fully saturated rings. The van der Waals surface area contributed by atoms with E-state index in [2.05, 4.69) is 9.97 Å². The number of nitrogens with two attached hydrogens (primary N) is 1. The molecule has 0 aliphatic rings. The van der Waals surface area contributed by atoms with Gasteiger partial charge in [0, 0.05) is 18.1 Å². The maximum Gasteiger partial charge on any atom is 0.345 e. The zero-order valence-electron chi connectivity index (χ0n) is 7.87. The lowest BCUT2D eigenvalue weighted by Gasteiger charge is -2.05. The lowest BCUT2D eigenvalue weighted by Crippen LogP contribution is -2.11. The molecular weight excluding hydrogens is 178 g/mol. The van der Waals surface area contributed by atoms with E-state index < -0.39 is 0 Å². The topological polar surface area (TPSA) is 71.8 Å². The van der Waals surface area contributed by atoms with Gasteiger partial charge in [-0.05, 0) is 18.1 Å². The smallest absolute Gasteiger partial charge is 0.326 e.